The molecular weight excluding hydrogens is 216 g/mol. The first kappa shape index (κ1) is 20.7. The lowest BCUT2D eigenvalue weighted by Crippen LogP contribution is -2.03. The van der Waals surface area contributed by atoms with Crippen LogP contribution in [-0.2, 0) is 9.47 Å². The lowest BCUT2D eigenvalue weighted by Gasteiger charge is -1.94. The summed E-state index contributed by atoms with van der Waals surface area (Å²) in [5.74, 6) is 0. The lowest BCUT2D eigenvalue weighted by molar-refractivity contribution is 0.0650. The van der Waals surface area contributed by atoms with Crippen molar-refractivity contribution in [2.75, 3.05) is 52.9 Å². The van der Waals surface area contributed by atoms with E-state index in [1.807, 2.05) is 0 Å². The van der Waals surface area contributed by atoms with E-state index in [4.69, 9.17) is 20.4 Å². The van der Waals surface area contributed by atoms with E-state index in [0.29, 0.717) is 13.2 Å². The van der Waals surface area contributed by atoms with Crippen molar-refractivity contribution in [3.05, 3.63) is 0 Å². The highest BCUT2D eigenvalue weighted by atomic mass is 16.6. The standard InChI is InChI=1S/C4H10O3.C2H6O2.C2H4O.C2H2/c5-1-3-7-4-2-6;3-1-2-4;1-2-3-1;1-2/h5-6H,1-4H2;3-4H,1-2H2;1-2H2;1-2H. The number of terminal acetylenes is 1. The fourth-order valence-electron chi connectivity index (χ4n) is 0.231. The minimum Gasteiger partial charge on any atom is -0.394 e. The molecule has 0 atom stereocenters. The Morgan fingerprint density at radius 2 is 1.12 bits per heavy atom. The molecule has 4 N–H and O–H groups in total. The molecule has 0 unspecified atom stereocenters. The highest BCUT2D eigenvalue weighted by Crippen LogP contribution is 1.84. The van der Waals surface area contributed by atoms with E-state index in [2.05, 4.69) is 22.3 Å². The summed E-state index contributed by atoms with van der Waals surface area (Å²) in [6.07, 6.45) is 8.00. The summed E-state index contributed by atoms with van der Waals surface area (Å²) in [5.41, 5.74) is 0. The van der Waals surface area contributed by atoms with E-state index < -0.39 is 0 Å². The zero-order valence-corrected chi connectivity index (χ0v) is 9.42. The van der Waals surface area contributed by atoms with Gasteiger partial charge in [0.25, 0.3) is 0 Å². The number of aliphatic hydroxyl groups is 4. The van der Waals surface area contributed by atoms with Crippen LogP contribution in [0.1, 0.15) is 0 Å². The Labute approximate surface area is 96.4 Å². The van der Waals surface area contributed by atoms with E-state index in [0.717, 1.165) is 13.2 Å². The highest BCUT2D eigenvalue weighted by molar-refractivity contribution is 4.47. The summed E-state index contributed by atoms with van der Waals surface area (Å²) in [4.78, 5) is 0. The number of rotatable bonds is 5. The molecule has 1 rings (SSSR count). The van der Waals surface area contributed by atoms with Gasteiger partial charge in [0, 0.05) is 0 Å². The van der Waals surface area contributed by atoms with Crippen molar-refractivity contribution in [2.24, 2.45) is 0 Å². The molecule has 1 aliphatic rings. The van der Waals surface area contributed by atoms with Crippen molar-refractivity contribution in [2.45, 2.75) is 0 Å². The number of ether oxygens (including phenoxy) is 2. The van der Waals surface area contributed by atoms with E-state index in [1.165, 1.54) is 0 Å². The summed E-state index contributed by atoms with van der Waals surface area (Å²) in [6.45, 7) is 2.45. The van der Waals surface area contributed by atoms with Gasteiger partial charge >= 0.3 is 0 Å². The highest BCUT2D eigenvalue weighted by Gasteiger charge is 1.94. The Morgan fingerprint density at radius 3 is 1.25 bits per heavy atom. The van der Waals surface area contributed by atoms with Crippen LogP contribution in [-0.4, -0.2) is 73.3 Å². The molecular formula is C10H22O6. The van der Waals surface area contributed by atoms with Crippen molar-refractivity contribution in [3.8, 4) is 12.8 Å². The van der Waals surface area contributed by atoms with Crippen LogP contribution in [0.15, 0.2) is 0 Å². The first-order valence-electron chi connectivity index (χ1n) is 4.75. The second-order valence-corrected chi connectivity index (χ2v) is 2.12. The van der Waals surface area contributed by atoms with Crippen LogP contribution in [0.2, 0.25) is 0 Å². The summed E-state index contributed by atoms with van der Waals surface area (Å²) >= 11 is 0. The monoisotopic (exact) mass is 238 g/mol. The van der Waals surface area contributed by atoms with Gasteiger partial charge in [0.2, 0.25) is 0 Å². The topological polar surface area (TPSA) is 103 Å². The van der Waals surface area contributed by atoms with Crippen molar-refractivity contribution in [3.63, 3.8) is 0 Å². The van der Waals surface area contributed by atoms with E-state index in [-0.39, 0.29) is 26.4 Å². The minimum atomic E-state index is -0.125. The average molecular weight is 238 g/mol. The van der Waals surface area contributed by atoms with Crippen LogP contribution in [0.3, 0.4) is 0 Å². The van der Waals surface area contributed by atoms with Gasteiger partial charge in [-0.2, -0.15) is 0 Å². The predicted molar refractivity (Wildman–Crippen MR) is 59.9 cm³/mol. The van der Waals surface area contributed by atoms with Crippen LogP contribution in [0, 0.1) is 12.8 Å². The number of epoxide rings is 1. The Morgan fingerprint density at radius 1 is 0.812 bits per heavy atom. The molecule has 0 aromatic rings. The Bertz CT molecular complexity index is 96.0. The third-order valence-corrected chi connectivity index (χ3v) is 0.775. The van der Waals surface area contributed by atoms with Crippen molar-refractivity contribution in [1.82, 2.24) is 0 Å². The third kappa shape index (κ3) is 71.4. The second-order valence-electron chi connectivity index (χ2n) is 2.12. The molecule has 0 bridgehead atoms. The van der Waals surface area contributed by atoms with Gasteiger partial charge in [0.15, 0.2) is 0 Å². The van der Waals surface area contributed by atoms with Crippen LogP contribution in [0.25, 0.3) is 0 Å². The van der Waals surface area contributed by atoms with Gasteiger partial charge in [0.1, 0.15) is 0 Å². The van der Waals surface area contributed by atoms with Gasteiger partial charge < -0.3 is 29.9 Å². The van der Waals surface area contributed by atoms with E-state index in [1.54, 1.807) is 0 Å². The van der Waals surface area contributed by atoms with Gasteiger partial charge in [-0.25, -0.2) is 0 Å². The number of hydrogen-bond acceptors (Lipinski definition) is 6. The van der Waals surface area contributed by atoms with Crippen molar-refractivity contribution in [1.29, 1.82) is 0 Å². The predicted octanol–water partition coefficient (Wildman–Crippen LogP) is -1.78. The summed E-state index contributed by atoms with van der Waals surface area (Å²) in [7, 11) is 0. The minimum absolute atomic E-state index is 0.0278. The SMILES string of the molecule is C#C.C1CO1.OCCO.OCCOCCO. The maximum atomic E-state index is 8.09. The van der Waals surface area contributed by atoms with Crippen molar-refractivity contribution >= 4 is 0 Å². The Kier molecular flexibility index (Phi) is 37.8. The molecule has 1 saturated heterocycles. The fraction of sp³-hybridized carbons (Fsp3) is 0.800. The molecule has 1 heterocycles. The van der Waals surface area contributed by atoms with Gasteiger partial charge in [-0.1, -0.05) is 0 Å². The molecule has 98 valence electrons. The average Bonchev–Trinajstić information content (AvgIpc) is 3.21. The summed E-state index contributed by atoms with van der Waals surface area (Å²) in [6, 6.07) is 0. The molecule has 1 fully saturated rings. The quantitative estimate of drug-likeness (QED) is 0.257. The molecule has 0 radical (unpaired) electrons. The molecule has 1 aliphatic heterocycles. The molecule has 0 saturated carbocycles. The van der Waals surface area contributed by atoms with Gasteiger partial charge in [0.05, 0.1) is 52.9 Å². The largest absolute Gasteiger partial charge is 0.394 e. The van der Waals surface area contributed by atoms with Crippen molar-refractivity contribution < 1.29 is 29.9 Å². The first-order valence-corrected chi connectivity index (χ1v) is 4.75. The van der Waals surface area contributed by atoms with Crippen LogP contribution in [0.5, 0.6) is 0 Å². The maximum Gasteiger partial charge on any atom is 0.0701 e. The molecule has 16 heavy (non-hydrogen) atoms. The molecule has 0 aromatic carbocycles. The summed E-state index contributed by atoms with van der Waals surface area (Å²) < 4.78 is 9.13. The maximum absolute atomic E-state index is 8.09. The number of aliphatic hydroxyl groups excluding tert-OH is 4. The van der Waals surface area contributed by atoms with Crippen LogP contribution in [0.4, 0.5) is 0 Å². The summed E-state index contributed by atoms with van der Waals surface area (Å²) in [5, 5.41) is 31.4. The zero-order valence-electron chi connectivity index (χ0n) is 9.42. The molecule has 0 amide bonds. The smallest absolute Gasteiger partial charge is 0.0701 e. The van der Waals surface area contributed by atoms with Crippen LogP contribution >= 0.6 is 0 Å². The normalized spacial score (nSPS) is 10.6. The lowest BCUT2D eigenvalue weighted by atomic mass is 10.7. The van der Waals surface area contributed by atoms with Gasteiger partial charge in [-0.15, -0.1) is 12.8 Å². The van der Waals surface area contributed by atoms with E-state index >= 15 is 0 Å². The molecule has 0 aliphatic carbocycles. The first-order chi connectivity index (χ1) is 7.83. The van der Waals surface area contributed by atoms with Gasteiger partial charge in [-0.3, -0.25) is 0 Å². The Balaban J connectivity index is -0.000000158. The molecule has 0 aromatic heterocycles. The zero-order chi connectivity index (χ0) is 13.1. The fourth-order valence-corrected chi connectivity index (χ4v) is 0.231. The number of hydrogen-bond donors (Lipinski definition) is 4. The van der Waals surface area contributed by atoms with Gasteiger partial charge in [-0.05, 0) is 0 Å². The second kappa shape index (κ2) is 29.2. The van der Waals surface area contributed by atoms with Crippen LogP contribution < -0.4 is 0 Å². The molecule has 6 nitrogen and oxygen atoms in total. The molecule has 0 spiro atoms. The van der Waals surface area contributed by atoms with E-state index in [9.17, 15) is 0 Å². The molecule has 6 heteroatoms. The Hall–Kier alpha value is -0.680. The third-order valence-electron chi connectivity index (χ3n) is 0.775.